The molecule has 1 heterocycles. The smallest absolute Gasteiger partial charge is 0.252 e. The van der Waals surface area contributed by atoms with Gasteiger partial charge in [-0.25, -0.2) is 0 Å². The number of amides is 1. The summed E-state index contributed by atoms with van der Waals surface area (Å²) in [6.07, 6.45) is 0. The number of ether oxygens (including phenoxy) is 2. The van der Waals surface area contributed by atoms with Crippen LogP contribution in [0.15, 0.2) is 52.9 Å². The van der Waals surface area contributed by atoms with Gasteiger partial charge in [0.05, 0.1) is 20.3 Å². The summed E-state index contributed by atoms with van der Waals surface area (Å²) in [4.78, 5) is 12.5. The average Bonchev–Trinajstić information content (AvgIpc) is 3.05. The number of carbonyl (C=O) groups is 1. The average molecular weight is 325 g/mol. The van der Waals surface area contributed by atoms with Crippen LogP contribution < -0.4 is 14.8 Å². The highest BCUT2D eigenvalue weighted by molar-refractivity contribution is 5.95. The molecule has 0 aliphatic rings. The van der Waals surface area contributed by atoms with E-state index in [0.29, 0.717) is 22.8 Å². The summed E-state index contributed by atoms with van der Waals surface area (Å²) >= 11 is 0. The predicted molar refractivity (Wildman–Crippen MR) is 91.6 cm³/mol. The van der Waals surface area contributed by atoms with E-state index in [4.69, 9.17) is 13.9 Å². The molecule has 1 aromatic heterocycles. The first-order valence-electron chi connectivity index (χ1n) is 7.63. The number of hydrogen-bond acceptors (Lipinski definition) is 4. The summed E-state index contributed by atoms with van der Waals surface area (Å²) in [5.74, 6) is 1.62. The second kappa shape index (κ2) is 6.66. The van der Waals surface area contributed by atoms with E-state index in [1.165, 1.54) is 0 Å². The minimum atomic E-state index is -0.262. The van der Waals surface area contributed by atoms with Crippen LogP contribution >= 0.6 is 0 Å². The molecule has 0 aliphatic carbocycles. The van der Waals surface area contributed by atoms with Gasteiger partial charge >= 0.3 is 0 Å². The molecule has 2 aromatic carbocycles. The van der Waals surface area contributed by atoms with Gasteiger partial charge in [-0.3, -0.25) is 4.79 Å². The molecule has 1 N–H and O–H groups in total. The Morgan fingerprint density at radius 3 is 2.33 bits per heavy atom. The number of carbonyl (C=O) groups excluding carboxylic acids is 1. The van der Waals surface area contributed by atoms with Crippen LogP contribution in [0.5, 0.6) is 11.5 Å². The molecule has 0 fully saturated rings. The Morgan fingerprint density at radius 2 is 1.71 bits per heavy atom. The fourth-order valence-corrected chi connectivity index (χ4v) is 2.51. The number of benzene rings is 2. The second-order valence-electron chi connectivity index (χ2n) is 5.48. The molecule has 0 aliphatic heterocycles. The van der Waals surface area contributed by atoms with Crippen molar-refractivity contribution in [1.29, 1.82) is 0 Å². The molecule has 24 heavy (non-hydrogen) atoms. The molecule has 1 atom stereocenters. The van der Waals surface area contributed by atoms with Crippen molar-refractivity contribution in [2.24, 2.45) is 0 Å². The van der Waals surface area contributed by atoms with Gasteiger partial charge in [-0.1, -0.05) is 18.2 Å². The highest BCUT2D eigenvalue weighted by Gasteiger charge is 2.16. The first-order valence-corrected chi connectivity index (χ1v) is 7.63. The van der Waals surface area contributed by atoms with E-state index in [1.807, 2.05) is 37.3 Å². The fourth-order valence-electron chi connectivity index (χ4n) is 2.51. The lowest BCUT2D eigenvalue weighted by molar-refractivity contribution is 0.0935. The zero-order chi connectivity index (χ0) is 17.1. The Labute approximate surface area is 140 Å². The summed E-state index contributed by atoms with van der Waals surface area (Å²) in [6, 6.07) is 14.5. The number of rotatable bonds is 5. The zero-order valence-corrected chi connectivity index (χ0v) is 13.8. The van der Waals surface area contributed by atoms with Crippen LogP contribution in [0.3, 0.4) is 0 Å². The van der Waals surface area contributed by atoms with Gasteiger partial charge in [-0.05, 0) is 31.2 Å². The topological polar surface area (TPSA) is 60.7 Å². The van der Waals surface area contributed by atoms with Crippen LogP contribution in [0, 0.1) is 0 Å². The Kier molecular flexibility index (Phi) is 4.42. The fraction of sp³-hybridized carbons (Fsp3) is 0.211. The maximum atomic E-state index is 12.5. The van der Waals surface area contributed by atoms with Crippen molar-refractivity contribution in [3.8, 4) is 11.5 Å². The van der Waals surface area contributed by atoms with Gasteiger partial charge in [-0.2, -0.15) is 0 Å². The second-order valence-corrected chi connectivity index (χ2v) is 5.48. The first-order chi connectivity index (χ1) is 11.6. The lowest BCUT2D eigenvalue weighted by Gasteiger charge is -2.13. The minimum absolute atomic E-state index is 0.222. The molecule has 0 radical (unpaired) electrons. The van der Waals surface area contributed by atoms with Gasteiger partial charge in [0.25, 0.3) is 5.91 Å². The predicted octanol–water partition coefficient (Wildman–Crippen LogP) is 3.94. The Hall–Kier alpha value is -2.95. The number of para-hydroxylation sites is 1. The number of nitrogens with one attached hydrogen (secondary N) is 1. The van der Waals surface area contributed by atoms with E-state index < -0.39 is 0 Å². The molecule has 3 aromatic rings. The third kappa shape index (κ3) is 3.20. The Morgan fingerprint density at radius 1 is 1.04 bits per heavy atom. The minimum Gasteiger partial charge on any atom is -0.497 e. The number of methoxy groups -OCH3 is 2. The van der Waals surface area contributed by atoms with Crippen molar-refractivity contribution in [3.05, 3.63) is 59.9 Å². The van der Waals surface area contributed by atoms with Crippen molar-refractivity contribution in [2.75, 3.05) is 14.2 Å². The lowest BCUT2D eigenvalue weighted by atomic mass is 10.1. The Balaban J connectivity index is 1.80. The molecule has 5 nitrogen and oxygen atoms in total. The largest absolute Gasteiger partial charge is 0.497 e. The normalized spacial score (nSPS) is 12.0. The summed E-state index contributed by atoms with van der Waals surface area (Å²) in [6.45, 7) is 1.88. The summed E-state index contributed by atoms with van der Waals surface area (Å²) in [5.41, 5.74) is 1.27. The van der Waals surface area contributed by atoms with Gasteiger partial charge in [0.2, 0.25) is 0 Å². The highest BCUT2D eigenvalue weighted by atomic mass is 16.5. The lowest BCUT2D eigenvalue weighted by Crippen LogP contribution is -2.26. The van der Waals surface area contributed by atoms with Crippen molar-refractivity contribution >= 4 is 16.9 Å². The van der Waals surface area contributed by atoms with Crippen molar-refractivity contribution in [1.82, 2.24) is 5.32 Å². The van der Waals surface area contributed by atoms with Crippen molar-refractivity contribution in [2.45, 2.75) is 13.0 Å². The SMILES string of the molecule is COc1cc(OC)cc(C(=O)N[C@H](C)c2cc3ccccc3o2)c1. The van der Waals surface area contributed by atoms with Gasteiger partial charge in [0.1, 0.15) is 22.8 Å². The summed E-state index contributed by atoms with van der Waals surface area (Å²) < 4.78 is 16.2. The standard InChI is InChI=1S/C19H19NO4/c1-12(18-10-13-6-4-5-7-17(13)24-18)20-19(21)14-8-15(22-2)11-16(9-14)23-3/h4-12H,1-3H3,(H,20,21)/t12-/m1/s1. The molecular weight excluding hydrogens is 306 g/mol. The molecule has 0 saturated carbocycles. The van der Waals surface area contributed by atoms with E-state index >= 15 is 0 Å². The first kappa shape index (κ1) is 15.9. The van der Waals surface area contributed by atoms with E-state index in [0.717, 1.165) is 11.0 Å². The highest BCUT2D eigenvalue weighted by Crippen LogP contribution is 2.25. The molecule has 0 unspecified atom stereocenters. The van der Waals surface area contributed by atoms with Crippen molar-refractivity contribution < 1.29 is 18.7 Å². The third-order valence-corrected chi connectivity index (χ3v) is 3.83. The molecule has 1 amide bonds. The van der Waals surface area contributed by atoms with Crippen LogP contribution in [-0.4, -0.2) is 20.1 Å². The maximum absolute atomic E-state index is 12.5. The van der Waals surface area contributed by atoms with Crippen LogP contribution in [0.25, 0.3) is 11.0 Å². The van der Waals surface area contributed by atoms with Crippen LogP contribution in [0.2, 0.25) is 0 Å². The Bertz CT molecular complexity index is 813. The molecule has 124 valence electrons. The number of furan rings is 1. The van der Waals surface area contributed by atoms with E-state index in [-0.39, 0.29) is 11.9 Å². The molecule has 3 rings (SSSR count). The summed E-state index contributed by atoms with van der Waals surface area (Å²) in [7, 11) is 3.10. The van der Waals surface area contributed by atoms with Gasteiger partial charge < -0.3 is 19.2 Å². The molecular formula is C19H19NO4. The van der Waals surface area contributed by atoms with Crippen molar-refractivity contribution in [3.63, 3.8) is 0 Å². The van der Waals surface area contributed by atoms with E-state index in [1.54, 1.807) is 32.4 Å². The quantitative estimate of drug-likeness (QED) is 0.772. The monoisotopic (exact) mass is 325 g/mol. The van der Waals surface area contributed by atoms with Gasteiger partial charge in [0, 0.05) is 17.0 Å². The van der Waals surface area contributed by atoms with Crippen LogP contribution in [0.1, 0.15) is 29.1 Å². The zero-order valence-electron chi connectivity index (χ0n) is 13.8. The number of fused-ring (bicyclic) bond motifs is 1. The van der Waals surface area contributed by atoms with Crippen LogP contribution in [-0.2, 0) is 0 Å². The molecule has 5 heteroatoms. The third-order valence-electron chi connectivity index (χ3n) is 3.83. The maximum Gasteiger partial charge on any atom is 0.252 e. The van der Waals surface area contributed by atoms with E-state index in [2.05, 4.69) is 5.32 Å². The number of hydrogen-bond donors (Lipinski definition) is 1. The van der Waals surface area contributed by atoms with Gasteiger partial charge in [0.15, 0.2) is 0 Å². The van der Waals surface area contributed by atoms with Crippen LogP contribution in [0.4, 0.5) is 0 Å². The molecule has 0 saturated heterocycles. The van der Waals surface area contributed by atoms with E-state index in [9.17, 15) is 4.79 Å². The summed E-state index contributed by atoms with van der Waals surface area (Å²) in [5, 5.41) is 3.94. The molecule has 0 bridgehead atoms. The molecule has 0 spiro atoms. The van der Waals surface area contributed by atoms with Gasteiger partial charge in [-0.15, -0.1) is 0 Å².